The number of nitrogens with zero attached hydrogens (tertiary/aromatic N) is 2. The van der Waals surface area contributed by atoms with Crippen LogP contribution in [0.15, 0.2) is 24.4 Å². The van der Waals surface area contributed by atoms with Gasteiger partial charge in [0.05, 0.1) is 18.5 Å². The smallest absolute Gasteiger partial charge is 0.119 e. The number of hydrogen-bond acceptors (Lipinski definition) is 3. The van der Waals surface area contributed by atoms with Gasteiger partial charge in [0.1, 0.15) is 5.75 Å². The minimum Gasteiger partial charge on any atom is -0.494 e. The number of aryl methyl sites for hydroxylation is 1. The van der Waals surface area contributed by atoms with Gasteiger partial charge in [-0.3, -0.25) is 0 Å². The van der Waals surface area contributed by atoms with Crippen molar-refractivity contribution in [3.8, 4) is 5.75 Å². The first-order chi connectivity index (χ1) is 9.20. The van der Waals surface area contributed by atoms with Crippen LogP contribution in [0.5, 0.6) is 5.75 Å². The van der Waals surface area contributed by atoms with Crippen LogP contribution < -0.4 is 4.74 Å². The number of rotatable bonds is 6. The molecule has 19 heavy (non-hydrogen) atoms. The van der Waals surface area contributed by atoms with Crippen molar-refractivity contribution < 1.29 is 4.74 Å². The molecule has 0 bridgehead atoms. The Kier molecular flexibility index (Phi) is 4.55. The van der Waals surface area contributed by atoms with Gasteiger partial charge in [0.15, 0.2) is 0 Å². The normalized spacial score (nSPS) is 12.4. The van der Waals surface area contributed by atoms with E-state index in [2.05, 4.69) is 54.4 Å². The lowest BCUT2D eigenvalue weighted by Crippen LogP contribution is -2.02. The average Bonchev–Trinajstić information content (AvgIpc) is 2.89. The summed E-state index contributed by atoms with van der Waals surface area (Å²) in [5.74, 6) is 1.38. The molecule has 2 rings (SSSR count). The summed E-state index contributed by atoms with van der Waals surface area (Å²) in [6, 6.07) is 6.33. The third-order valence-corrected chi connectivity index (χ3v) is 3.23. The number of aromatic nitrogens is 3. The number of aromatic amines is 1. The highest BCUT2D eigenvalue weighted by atomic mass is 16.5. The summed E-state index contributed by atoms with van der Waals surface area (Å²) < 4.78 is 5.65. The molecule has 1 atom stereocenters. The van der Waals surface area contributed by atoms with Crippen LogP contribution in [0.1, 0.15) is 43.0 Å². The van der Waals surface area contributed by atoms with Gasteiger partial charge in [0.2, 0.25) is 0 Å². The van der Waals surface area contributed by atoms with E-state index in [9.17, 15) is 0 Å². The van der Waals surface area contributed by atoms with Crippen LogP contribution in [0.2, 0.25) is 0 Å². The standard InChI is InChI=1S/C15H21N3O/c1-4-7-19-14-5-6-15(12(3)9-14)11(2)8-13-10-16-18-17-13/h5-6,9-11H,4,7-8H2,1-3H3,(H,16,17,18). The van der Waals surface area contributed by atoms with Gasteiger partial charge in [0, 0.05) is 0 Å². The zero-order valence-corrected chi connectivity index (χ0v) is 11.8. The number of nitrogens with one attached hydrogen (secondary N) is 1. The predicted octanol–water partition coefficient (Wildman–Crippen LogP) is 3.25. The Balaban J connectivity index is 2.07. The van der Waals surface area contributed by atoms with Gasteiger partial charge in [-0.25, -0.2) is 0 Å². The summed E-state index contributed by atoms with van der Waals surface area (Å²) in [4.78, 5) is 0. The zero-order valence-electron chi connectivity index (χ0n) is 11.8. The van der Waals surface area contributed by atoms with Crippen LogP contribution in [-0.2, 0) is 6.42 Å². The maximum atomic E-state index is 5.65. The van der Waals surface area contributed by atoms with Gasteiger partial charge >= 0.3 is 0 Å². The van der Waals surface area contributed by atoms with E-state index in [-0.39, 0.29) is 0 Å². The topological polar surface area (TPSA) is 50.8 Å². The lowest BCUT2D eigenvalue weighted by Gasteiger charge is -2.15. The molecule has 1 aromatic carbocycles. The molecular weight excluding hydrogens is 238 g/mol. The molecule has 0 fully saturated rings. The van der Waals surface area contributed by atoms with E-state index in [1.807, 2.05) is 0 Å². The Morgan fingerprint density at radius 1 is 1.37 bits per heavy atom. The van der Waals surface area contributed by atoms with Crippen molar-refractivity contribution >= 4 is 0 Å². The summed E-state index contributed by atoms with van der Waals surface area (Å²) in [6.45, 7) is 7.23. The fourth-order valence-electron chi connectivity index (χ4n) is 2.26. The molecule has 0 spiro atoms. The van der Waals surface area contributed by atoms with Crippen molar-refractivity contribution in [2.24, 2.45) is 0 Å². The molecule has 4 nitrogen and oxygen atoms in total. The number of hydrogen-bond donors (Lipinski definition) is 1. The predicted molar refractivity (Wildman–Crippen MR) is 75.5 cm³/mol. The second-order valence-corrected chi connectivity index (χ2v) is 4.93. The van der Waals surface area contributed by atoms with E-state index < -0.39 is 0 Å². The van der Waals surface area contributed by atoms with Gasteiger partial charge in [-0.2, -0.15) is 15.4 Å². The maximum absolute atomic E-state index is 5.65. The molecule has 0 saturated heterocycles. The summed E-state index contributed by atoms with van der Waals surface area (Å²) >= 11 is 0. The minimum absolute atomic E-state index is 0.422. The molecule has 1 heterocycles. The van der Waals surface area contributed by atoms with E-state index >= 15 is 0 Å². The average molecular weight is 259 g/mol. The molecule has 1 unspecified atom stereocenters. The Labute approximate surface area is 114 Å². The number of ether oxygens (including phenoxy) is 1. The van der Waals surface area contributed by atoms with Crippen LogP contribution in [0, 0.1) is 6.92 Å². The van der Waals surface area contributed by atoms with E-state index in [0.29, 0.717) is 5.92 Å². The first-order valence-electron chi connectivity index (χ1n) is 6.78. The Bertz CT molecular complexity index is 508. The van der Waals surface area contributed by atoms with Crippen LogP contribution in [0.3, 0.4) is 0 Å². The lowest BCUT2D eigenvalue weighted by atomic mass is 9.92. The fraction of sp³-hybridized carbons (Fsp3) is 0.467. The van der Waals surface area contributed by atoms with Crippen molar-refractivity contribution in [1.82, 2.24) is 15.4 Å². The van der Waals surface area contributed by atoms with E-state index in [0.717, 1.165) is 30.9 Å². The summed E-state index contributed by atoms with van der Waals surface area (Å²) in [5.41, 5.74) is 3.61. The molecule has 0 saturated carbocycles. The van der Waals surface area contributed by atoms with Gasteiger partial charge in [-0.05, 0) is 48.9 Å². The molecule has 4 heteroatoms. The molecule has 0 aliphatic rings. The molecule has 102 valence electrons. The van der Waals surface area contributed by atoms with Crippen LogP contribution in [0.25, 0.3) is 0 Å². The van der Waals surface area contributed by atoms with Gasteiger partial charge in [-0.1, -0.05) is 19.9 Å². The Morgan fingerprint density at radius 2 is 2.21 bits per heavy atom. The lowest BCUT2D eigenvalue weighted by molar-refractivity contribution is 0.317. The quantitative estimate of drug-likeness (QED) is 0.866. The second kappa shape index (κ2) is 6.36. The minimum atomic E-state index is 0.422. The molecular formula is C15H21N3O. The fourth-order valence-corrected chi connectivity index (χ4v) is 2.26. The first kappa shape index (κ1) is 13.6. The molecule has 0 aliphatic heterocycles. The highest BCUT2D eigenvalue weighted by Gasteiger charge is 2.11. The third-order valence-electron chi connectivity index (χ3n) is 3.23. The third kappa shape index (κ3) is 3.56. The Morgan fingerprint density at radius 3 is 2.84 bits per heavy atom. The van der Waals surface area contributed by atoms with Crippen molar-refractivity contribution in [2.75, 3.05) is 6.61 Å². The molecule has 0 amide bonds. The zero-order chi connectivity index (χ0) is 13.7. The molecule has 1 aromatic heterocycles. The molecule has 0 aliphatic carbocycles. The second-order valence-electron chi connectivity index (χ2n) is 4.93. The summed E-state index contributed by atoms with van der Waals surface area (Å²) in [5, 5.41) is 10.6. The van der Waals surface area contributed by atoms with Crippen molar-refractivity contribution in [3.05, 3.63) is 41.2 Å². The summed E-state index contributed by atoms with van der Waals surface area (Å²) in [6.07, 6.45) is 3.71. The maximum Gasteiger partial charge on any atom is 0.119 e. The largest absolute Gasteiger partial charge is 0.494 e. The highest BCUT2D eigenvalue weighted by molar-refractivity contribution is 5.37. The highest BCUT2D eigenvalue weighted by Crippen LogP contribution is 2.26. The molecule has 2 aromatic rings. The van der Waals surface area contributed by atoms with Crippen LogP contribution >= 0.6 is 0 Å². The molecule has 0 radical (unpaired) electrons. The molecule has 1 N–H and O–H groups in total. The summed E-state index contributed by atoms with van der Waals surface area (Å²) in [7, 11) is 0. The van der Waals surface area contributed by atoms with E-state index in [1.165, 1.54) is 11.1 Å². The van der Waals surface area contributed by atoms with Crippen molar-refractivity contribution in [2.45, 2.75) is 39.5 Å². The van der Waals surface area contributed by atoms with E-state index in [4.69, 9.17) is 4.74 Å². The van der Waals surface area contributed by atoms with Gasteiger partial charge in [-0.15, -0.1) is 0 Å². The Hall–Kier alpha value is -1.84. The van der Waals surface area contributed by atoms with Gasteiger partial charge in [0.25, 0.3) is 0 Å². The first-order valence-corrected chi connectivity index (χ1v) is 6.78. The monoisotopic (exact) mass is 259 g/mol. The van der Waals surface area contributed by atoms with E-state index in [1.54, 1.807) is 6.20 Å². The number of benzene rings is 1. The van der Waals surface area contributed by atoms with Crippen molar-refractivity contribution in [3.63, 3.8) is 0 Å². The SMILES string of the molecule is CCCOc1ccc(C(C)Cc2cn[nH]n2)c(C)c1. The van der Waals surface area contributed by atoms with Gasteiger partial charge < -0.3 is 4.74 Å². The number of H-pyrrole nitrogens is 1. The van der Waals surface area contributed by atoms with Crippen LogP contribution in [-0.4, -0.2) is 22.0 Å². The van der Waals surface area contributed by atoms with Crippen molar-refractivity contribution in [1.29, 1.82) is 0 Å². The van der Waals surface area contributed by atoms with Crippen LogP contribution in [0.4, 0.5) is 0 Å².